The molecule has 3 aliphatic rings. The van der Waals surface area contributed by atoms with Crippen LogP contribution in [0.5, 0.6) is 0 Å². The van der Waals surface area contributed by atoms with Crippen LogP contribution in [0.3, 0.4) is 0 Å². The predicted molar refractivity (Wildman–Crippen MR) is 41.8 cm³/mol. The summed E-state index contributed by atoms with van der Waals surface area (Å²) in [4.78, 5) is 0. The van der Waals surface area contributed by atoms with Crippen LogP contribution in [-0.4, -0.2) is 31.2 Å². The third-order valence-corrected chi connectivity index (χ3v) is 2.93. The van der Waals surface area contributed by atoms with Crippen LogP contribution in [-0.2, 0) is 14.2 Å². The fourth-order valence-corrected chi connectivity index (χ4v) is 2.00. The van der Waals surface area contributed by atoms with E-state index in [0.29, 0.717) is 12.2 Å². The molecule has 2 heterocycles. The minimum Gasteiger partial charge on any atom is -0.371 e. The number of ether oxygens (including phenoxy) is 3. The van der Waals surface area contributed by atoms with Gasteiger partial charge in [0.15, 0.2) is 5.79 Å². The Balaban J connectivity index is 1.53. The Labute approximate surface area is 72.0 Å². The zero-order valence-electron chi connectivity index (χ0n) is 7.12. The number of hydrogen-bond donors (Lipinski definition) is 0. The summed E-state index contributed by atoms with van der Waals surface area (Å²) in [6, 6.07) is 0. The molecule has 0 aromatic carbocycles. The molecule has 0 spiro atoms. The predicted octanol–water partition coefficient (Wildman–Crippen LogP) is 1.07. The molecule has 3 heteroatoms. The topological polar surface area (TPSA) is 34.3 Å². The van der Waals surface area contributed by atoms with E-state index >= 15 is 0 Å². The van der Waals surface area contributed by atoms with Crippen LogP contribution in [0.25, 0.3) is 0 Å². The van der Waals surface area contributed by atoms with E-state index in [4.69, 9.17) is 14.2 Å². The van der Waals surface area contributed by atoms with E-state index < -0.39 is 0 Å². The fourth-order valence-electron chi connectivity index (χ4n) is 2.00. The van der Waals surface area contributed by atoms with Crippen LogP contribution in [0.15, 0.2) is 0 Å². The molecule has 0 radical (unpaired) electrons. The van der Waals surface area contributed by atoms with Crippen LogP contribution in [0.2, 0.25) is 0 Å². The standard InChI is InChI=1S/C9H14O3/c1-2-4-9(8(3-1)12-9)11-6-7-5-10-7/h7-8H,1-6H2. The Hall–Kier alpha value is -0.120. The summed E-state index contributed by atoms with van der Waals surface area (Å²) in [6.07, 6.45) is 5.60. The molecule has 3 fully saturated rings. The Morgan fingerprint density at radius 3 is 3.08 bits per heavy atom. The molecule has 2 saturated heterocycles. The highest BCUT2D eigenvalue weighted by atomic mass is 16.8. The molecule has 12 heavy (non-hydrogen) atoms. The molecule has 0 aromatic rings. The highest BCUT2D eigenvalue weighted by molar-refractivity contribution is 4.98. The highest BCUT2D eigenvalue weighted by Gasteiger charge is 2.59. The van der Waals surface area contributed by atoms with Crippen molar-refractivity contribution in [3.8, 4) is 0 Å². The number of fused-ring (bicyclic) bond motifs is 1. The van der Waals surface area contributed by atoms with Crippen LogP contribution in [0, 0.1) is 0 Å². The molecule has 0 bridgehead atoms. The third kappa shape index (κ3) is 1.16. The van der Waals surface area contributed by atoms with Gasteiger partial charge in [-0.15, -0.1) is 0 Å². The molecule has 3 unspecified atom stereocenters. The maximum Gasteiger partial charge on any atom is 0.195 e. The summed E-state index contributed by atoms with van der Waals surface area (Å²) in [6.45, 7) is 1.61. The molecule has 2 aliphatic heterocycles. The van der Waals surface area contributed by atoms with Crippen molar-refractivity contribution >= 4 is 0 Å². The second kappa shape index (κ2) is 2.44. The van der Waals surface area contributed by atoms with E-state index in [1.54, 1.807) is 0 Å². The van der Waals surface area contributed by atoms with Crippen LogP contribution < -0.4 is 0 Å². The Bertz CT molecular complexity index is 190. The average Bonchev–Trinajstić information content (AvgIpc) is 2.98. The van der Waals surface area contributed by atoms with E-state index in [9.17, 15) is 0 Å². The minimum atomic E-state index is -0.162. The van der Waals surface area contributed by atoms with Crippen LogP contribution in [0.1, 0.15) is 25.7 Å². The SMILES string of the molecule is C1CCC2(OCC3CO3)OC2C1. The summed E-state index contributed by atoms with van der Waals surface area (Å²) in [7, 11) is 0. The molecule has 3 atom stereocenters. The van der Waals surface area contributed by atoms with Gasteiger partial charge in [0.1, 0.15) is 12.2 Å². The molecular formula is C9H14O3. The largest absolute Gasteiger partial charge is 0.371 e. The normalized spacial score (nSPS) is 50.0. The van der Waals surface area contributed by atoms with Gasteiger partial charge in [-0.25, -0.2) is 0 Å². The maximum atomic E-state index is 5.72. The van der Waals surface area contributed by atoms with Gasteiger partial charge in [0.2, 0.25) is 0 Å². The van der Waals surface area contributed by atoms with Gasteiger partial charge in [-0.05, 0) is 12.8 Å². The molecule has 0 N–H and O–H groups in total. The summed E-state index contributed by atoms with van der Waals surface area (Å²) >= 11 is 0. The lowest BCUT2D eigenvalue weighted by atomic mass is 9.98. The van der Waals surface area contributed by atoms with E-state index in [-0.39, 0.29) is 5.79 Å². The number of rotatable bonds is 3. The van der Waals surface area contributed by atoms with Gasteiger partial charge in [-0.1, -0.05) is 6.42 Å². The molecule has 1 aliphatic carbocycles. The van der Waals surface area contributed by atoms with Crippen molar-refractivity contribution in [2.45, 2.75) is 43.7 Å². The van der Waals surface area contributed by atoms with Crippen molar-refractivity contribution < 1.29 is 14.2 Å². The van der Waals surface area contributed by atoms with Gasteiger partial charge >= 0.3 is 0 Å². The smallest absolute Gasteiger partial charge is 0.195 e. The van der Waals surface area contributed by atoms with E-state index in [1.807, 2.05) is 0 Å². The second-order valence-electron chi connectivity index (χ2n) is 3.93. The van der Waals surface area contributed by atoms with Crippen molar-refractivity contribution in [3.05, 3.63) is 0 Å². The molecule has 68 valence electrons. The zero-order valence-corrected chi connectivity index (χ0v) is 7.12. The summed E-state index contributed by atoms with van der Waals surface area (Å²) in [5, 5.41) is 0. The molecule has 0 amide bonds. The summed E-state index contributed by atoms with van der Waals surface area (Å²) in [5.41, 5.74) is 0. The van der Waals surface area contributed by atoms with Crippen LogP contribution >= 0.6 is 0 Å². The molecule has 1 saturated carbocycles. The van der Waals surface area contributed by atoms with Gasteiger partial charge < -0.3 is 14.2 Å². The van der Waals surface area contributed by atoms with Crippen LogP contribution in [0.4, 0.5) is 0 Å². The Morgan fingerprint density at radius 2 is 2.33 bits per heavy atom. The van der Waals surface area contributed by atoms with Gasteiger partial charge in [0.25, 0.3) is 0 Å². The monoisotopic (exact) mass is 170 g/mol. The fraction of sp³-hybridized carbons (Fsp3) is 1.00. The van der Waals surface area contributed by atoms with Gasteiger partial charge in [0.05, 0.1) is 13.2 Å². The van der Waals surface area contributed by atoms with Gasteiger partial charge in [-0.3, -0.25) is 0 Å². The average molecular weight is 170 g/mol. The van der Waals surface area contributed by atoms with E-state index in [2.05, 4.69) is 0 Å². The van der Waals surface area contributed by atoms with Crippen molar-refractivity contribution in [2.75, 3.05) is 13.2 Å². The Morgan fingerprint density at radius 1 is 1.42 bits per heavy atom. The molecule has 3 rings (SSSR count). The van der Waals surface area contributed by atoms with E-state index in [0.717, 1.165) is 19.6 Å². The van der Waals surface area contributed by atoms with Crippen molar-refractivity contribution in [1.29, 1.82) is 0 Å². The molecular weight excluding hydrogens is 156 g/mol. The second-order valence-corrected chi connectivity index (χ2v) is 3.93. The minimum absolute atomic E-state index is 0.162. The zero-order chi connectivity index (χ0) is 8.02. The lowest BCUT2D eigenvalue weighted by Gasteiger charge is -2.16. The molecule has 3 nitrogen and oxygen atoms in total. The lowest BCUT2D eigenvalue weighted by Crippen LogP contribution is -2.25. The first-order valence-electron chi connectivity index (χ1n) is 4.82. The number of epoxide rings is 2. The first-order chi connectivity index (χ1) is 5.89. The number of hydrogen-bond acceptors (Lipinski definition) is 3. The first-order valence-corrected chi connectivity index (χ1v) is 4.82. The van der Waals surface area contributed by atoms with Crippen molar-refractivity contribution in [2.24, 2.45) is 0 Å². The molecule has 0 aromatic heterocycles. The summed E-state index contributed by atoms with van der Waals surface area (Å²) in [5.74, 6) is -0.162. The highest BCUT2D eigenvalue weighted by Crippen LogP contribution is 2.48. The third-order valence-electron chi connectivity index (χ3n) is 2.93. The van der Waals surface area contributed by atoms with Crippen molar-refractivity contribution in [1.82, 2.24) is 0 Å². The first kappa shape index (κ1) is 7.30. The van der Waals surface area contributed by atoms with Crippen molar-refractivity contribution in [3.63, 3.8) is 0 Å². The Kier molecular flexibility index (Phi) is 1.48. The quantitative estimate of drug-likeness (QED) is 0.594. The van der Waals surface area contributed by atoms with E-state index in [1.165, 1.54) is 19.3 Å². The lowest BCUT2D eigenvalue weighted by molar-refractivity contribution is -0.0574. The van der Waals surface area contributed by atoms with Gasteiger partial charge in [-0.2, -0.15) is 0 Å². The summed E-state index contributed by atoms with van der Waals surface area (Å²) < 4.78 is 16.4. The maximum absolute atomic E-state index is 5.72. The van der Waals surface area contributed by atoms with Gasteiger partial charge in [0, 0.05) is 6.42 Å².